The summed E-state index contributed by atoms with van der Waals surface area (Å²) >= 11 is 0. The minimum atomic E-state index is -0.225. The van der Waals surface area contributed by atoms with E-state index in [1.54, 1.807) is 14.0 Å². The smallest absolute Gasteiger partial charge is 0.214 e. The zero-order valence-electron chi connectivity index (χ0n) is 6.48. The van der Waals surface area contributed by atoms with E-state index in [1.165, 1.54) is 4.68 Å². The predicted octanol–water partition coefficient (Wildman–Crippen LogP) is 1.43. The third kappa shape index (κ3) is 0.916. The van der Waals surface area contributed by atoms with E-state index in [9.17, 15) is 4.39 Å². The fraction of sp³-hybridized carbons (Fsp3) is 0.571. The Kier molecular flexibility index (Phi) is 1.74. The average Bonchev–Trinajstić information content (AvgIpc) is 2.17. The van der Waals surface area contributed by atoms with Crippen LogP contribution in [-0.4, -0.2) is 9.78 Å². The molecule has 0 radical (unpaired) electrons. The van der Waals surface area contributed by atoms with Crippen LogP contribution in [0.4, 0.5) is 4.39 Å². The SMILES string of the molecule is CCc1nn(C)c(F)c1C. The molecule has 0 aliphatic heterocycles. The number of aromatic nitrogens is 2. The van der Waals surface area contributed by atoms with Crippen molar-refractivity contribution < 1.29 is 4.39 Å². The maximum atomic E-state index is 12.8. The Bertz CT molecular complexity index is 240. The van der Waals surface area contributed by atoms with Gasteiger partial charge in [0.1, 0.15) is 0 Å². The number of hydrogen-bond donors (Lipinski definition) is 0. The van der Waals surface area contributed by atoms with Gasteiger partial charge in [0.05, 0.1) is 5.69 Å². The number of halogens is 1. The summed E-state index contributed by atoms with van der Waals surface area (Å²) in [6.07, 6.45) is 0.795. The molecule has 0 aliphatic carbocycles. The second-order valence-electron chi connectivity index (χ2n) is 2.34. The molecule has 0 N–H and O–H groups in total. The average molecular weight is 142 g/mol. The van der Waals surface area contributed by atoms with Gasteiger partial charge in [-0.2, -0.15) is 9.49 Å². The summed E-state index contributed by atoms with van der Waals surface area (Å²) in [7, 11) is 1.61. The van der Waals surface area contributed by atoms with Crippen LogP contribution in [0.2, 0.25) is 0 Å². The van der Waals surface area contributed by atoms with Crippen LogP contribution in [0.15, 0.2) is 0 Å². The molecule has 1 rings (SSSR count). The molecular formula is C7H11FN2. The monoisotopic (exact) mass is 142 g/mol. The molecule has 0 aromatic carbocycles. The topological polar surface area (TPSA) is 17.8 Å². The van der Waals surface area contributed by atoms with Crippen LogP contribution >= 0.6 is 0 Å². The van der Waals surface area contributed by atoms with Gasteiger partial charge < -0.3 is 0 Å². The van der Waals surface area contributed by atoms with E-state index in [2.05, 4.69) is 5.10 Å². The van der Waals surface area contributed by atoms with Gasteiger partial charge in [0.25, 0.3) is 0 Å². The lowest BCUT2D eigenvalue weighted by molar-refractivity contribution is 0.498. The lowest BCUT2D eigenvalue weighted by atomic mass is 10.2. The summed E-state index contributed by atoms with van der Waals surface area (Å²) in [5, 5.41) is 3.97. The Morgan fingerprint density at radius 3 is 2.40 bits per heavy atom. The van der Waals surface area contributed by atoms with E-state index in [0.29, 0.717) is 5.56 Å². The molecule has 0 saturated heterocycles. The highest BCUT2D eigenvalue weighted by molar-refractivity contribution is 5.16. The highest BCUT2D eigenvalue weighted by Gasteiger charge is 2.08. The van der Waals surface area contributed by atoms with Crippen LogP contribution in [0.1, 0.15) is 18.2 Å². The Morgan fingerprint density at radius 1 is 1.60 bits per heavy atom. The van der Waals surface area contributed by atoms with E-state index >= 15 is 0 Å². The fourth-order valence-corrected chi connectivity index (χ4v) is 0.998. The van der Waals surface area contributed by atoms with Crippen molar-refractivity contribution in [1.82, 2.24) is 9.78 Å². The van der Waals surface area contributed by atoms with Crippen molar-refractivity contribution in [2.45, 2.75) is 20.3 Å². The van der Waals surface area contributed by atoms with Crippen LogP contribution in [0.25, 0.3) is 0 Å². The van der Waals surface area contributed by atoms with Crippen molar-refractivity contribution in [3.05, 3.63) is 17.2 Å². The second kappa shape index (κ2) is 2.40. The lowest BCUT2D eigenvalue weighted by Crippen LogP contribution is -1.93. The largest absolute Gasteiger partial charge is 0.242 e. The van der Waals surface area contributed by atoms with Crippen molar-refractivity contribution in [2.24, 2.45) is 7.05 Å². The minimum absolute atomic E-state index is 0.225. The predicted molar refractivity (Wildman–Crippen MR) is 37.3 cm³/mol. The molecule has 0 spiro atoms. The molecule has 0 saturated carbocycles. The Hall–Kier alpha value is -0.860. The fourth-order valence-electron chi connectivity index (χ4n) is 0.998. The zero-order valence-corrected chi connectivity index (χ0v) is 6.48. The molecule has 2 nitrogen and oxygen atoms in total. The van der Waals surface area contributed by atoms with Gasteiger partial charge in [-0.1, -0.05) is 6.92 Å². The van der Waals surface area contributed by atoms with Crippen LogP contribution in [0.3, 0.4) is 0 Å². The lowest BCUT2D eigenvalue weighted by Gasteiger charge is -1.86. The first-order chi connectivity index (χ1) is 4.66. The van der Waals surface area contributed by atoms with Crippen molar-refractivity contribution in [2.75, 3.05) is 0 Å². The van der Waals surface area contributed by atoms with Gasteiger partial charge in [-0.15, -0.1) is 0 Å². The Balaban J connectivity index is 3.17. The van der Waals surface area contributed by atoms with Crippen molar-refractivity contribution >= 4 is 0 Å². The first-order valence-corrected chi connectivity index (χ1v) is 3.34. The van der Waals surface area contributed by atoms with E-state index in [1.807, 2.05) is 6.92 Å². The molecule has 0 fully saturated rings. The van der Waals surface area contributed by atoms with Gasteiger partial charge in [-0.3, -0.25) is 0 Å². The quantitative estimate of drug-likeness (QED) is 0.580. The minimum Gasteiger partial charge on any atom is -0.242 e. The molecule has 1 aromatic heterocycles. The standard InChI is InChI=1S/C7H11FN2/c1-4-6-5(2)7(8)10(3)9-6/h4H2,1-3H3. The van der Waals surface area contributed by atoms with Crippen molar-refractivity contribution in [3.63, 3.8) is 0 Å². The molecule has 0 bridgehead atoms. The molecule has 3 heteroatoms. The molecular weight excluding hydrogens is 131 g/mol. The number of hydrogen-bond acceptors (Lipinski definition) is 1. The van der Waals surface area contributed by atoms with Crippen LogP contribution in [0, 0.1) is 12.9 Å². The van der Waals surface area contributed by atoms with Crippen LogP contribution in [-0.2, 0) is 13.5 Å². The van der Waals surface area contributed by atoms with Gasteiger partial charge in [-0.25, -0.2) is 4.68 Å². The molecule has 0 unspecified atom stereocenters. The van der Waals surface area contributed by atoms with Gasteiger partial charge in [0.15, 0.2) is 0 Å². The first kappa shape index (κ1) is 7.25. The molecule has 0 aliphatic rings. The molecule has 10 heavy (non-hydrogen) atoms. The second-order valence-corrected chi connectivity index (χ2v) is 2.34. The van der Waals surface area contributed by atoms with Gasteiger partial charge >= 0.3 is 0 Å². The maximum Gasteiger partial charge on any atom is 0.214 e. The summed E-state index contributed by atoms with van der Waals surface area (Å²) in [5.41, 5.74) is 1.52. The maximum absolute atomic E-state index is 12.8. The third-order valence-electron chi connectivity index (χ3n) is 1.63. The number of aryl methyl sites for hydroxylation is 2. The van der Waals surface area contributed by atoms with Crippen LogP contribution < -0.4 is 0 Å². The van der Waals surface area contributed by atoms with Crippen molar-refractivity contribution in [1.29, 1.82) is 0 Å². The highest BCUT2D eigenvalue weighted by Crippen LogP contribution is 2.09. The number of nitrogens with zero attached hydrogens (tertiary/aromatic N) is 2. The van der Waals surface area contributed by atoms with Crippen LogP contribution in [0.5, 0.6) is 0 Å². The van der Waals surface area contributed by atoms with E-state index < -0.39 is 0 Å². The molecule has 0 amide bonds. The molecule has 1 heterocycles. The zero-order chi connectivity index (χ0) is 7.72. The summed E-state index contributed by atoms with van der Waals surface area (Å²) in [6.45, 7) is 3.72. The normalized spacial score (nSPS) is 10.4. The molecule has 0 atom stereocenters. The Morgan fingerprint density at radius 2 is 2.20 bits per heavy atom. The summed E-state index contributed by atoms with van der Waals surface area (Å²) < 4.78 is 14.1. The Labute approximate surface area is 59.7 Å². The third-order valence-corrected chi connectivity index (χ3v) is 1.63. The summed E-state index contributed by atoms with van der Waals surface area (Å²) in [6, 6.07) is 0. The summed E-state index contributed by atoms with van der Waals surface area (Å²) in [5.74, 6) is -0.225. The summed E-state index contributed by atoms with van der Waals surface area (Å²) in [4.78, 5) is 0. The molecule has 56 valence electrons. The number of rotatable bonds is 1. The van der Waals surface area contributed by atoms with Gasteiger partial charge in [-0.05, 0) is 13.3 Å². The highest BCUT2D eigenvalue weighted by atomic mass is 19.1. The first-order valence-electron chi connectivity index (χ1n) is 3.34. The van der Waals surface area contributed by atoms with E-state index in [4.69, 9.17) is 0 Å². The van der Waals surface area contributed by atoms with Gasteiger partial charge in [0, 0.05) is 12.6 Å². The van der Waals surface area contributed by atoms with E-state index in [0.717, 1.165) is 12.1 Å². The molecule has 1 aromatic rings. The van der Waals surface area contributed by atoms with E-state index in [-0.39, 0.29) is 5.95 Å². The van der Waals surface area contributed by atoms with Gasteiger partial charge in [0.2, 0.25) is 5.95 Å². The van der Waals surface area contributed by atoms with Crippen molar-refractivity contribution in [3.8, 4) is 0 Å².